The number of ether oxygens (including phenoxy) is 6. The van der Waals surface area contributed by atoms with Crippen molar-refractivity contribution >= 4 is 57.7 Å². The standard InChI is InChI=1S/C64H83ClN6O12S/c1-46-60(84-45-67-46)51-12-10-47(11-13-51)43-66-62(76)56-42-53(73)44-71(56)63(77)61(64(2,3)4)68-57(74)23-31-78-34-36-80-38-40-82-41-39-81-37-35-79-32-24-58(75)70-28-26-69(27-29-70)30-33-83-54-20-16-50(17-21-54)59(49-14-18-52(72)19-15-49)55(22-25-65)48-8-6-5-7-9-48/h5-21,45,53,56,61,72-73H,22-44H2,1-4H3,(H,66,76)(H,68,74)/t53-,56+,61-/m1/s1. The number of rotatable bonds is 33. The quantitative estimate of drug-likeness (QED) is 0.0181. The smallest absolute Gasteiger partial charge is 0.246 e. The minimum atomic E-state index is -0.934. The van der Waals surface area contributed by atoms with E-state index in [2.05, 4.69) is 44.8 Å². The van der Waals surface area contributed by atoms with E-state index in [0.29, 0.717) is 91.3 Å². The molecular formula is C64H83ClN6O12S. The van der Waals surface area contributed by atoms with E-state index in [1.807, 2.05) is 105 Å². The Bertz CT molecular complexity index is 2840. The molecule has 1 aromatic heterocycles. The van der Waals surface area contributed by atoms with Gasteiger partial charge in [-0.3, -0.25) is 24.1 Å². The molecule has 3 atom stereocenters. The summed E-state index contributed by atoms with van der Waals surface area (Å²) >= 11 is 7.90. The lowest BCUT2D eigenvalue weighted by molar-refractivity contribution is -0.144. The maximum Gasteiger partial charge on any atom is 0.246 e. The number of likely N-dealkylation sites (tertiary alicyclic amines) is 1. The Hall–Kier alpha value is -6.26. The first-order valence-corrected chi connectivity index (χ1v) is 30.4. The summed E-state index contributed by atoms with van der Waals surface area (Å²) < 4.78 is 34.2. The molecule has 20 heteroatoms. The summed E-state index contributed by atoms with van der Waals surface area (Å²) in [5, 5.41) is 26.4. The molecule has 2 saturated heterocycles. The molecule has 18 nitrogen and oxygen atoms in total. The Morgan fingerprint density at radius 3 is 1.87 bits per heavy atom. The Labute approximate surface area is 503 Å². The third-order valence-corrected chi connectivity index (χ3v) is 15.8. The van der Waals surface area contributed by atoms with Crippen molar-refractivity contribution < 1.29 is 57.8 Å². The van der Waals surface area contributed by atoms with Crippen LogP contribution in [0, 0.1) is 12.3 Å². The van der Waals surface area contributed by atoms with Crippen molar-refractivity contribution in [1.82, 2.24) is 30.3 Å². The number of aromatic nitrogens is 1. The maximum atomic E-state index is 14.0. The highest BCUT2D eigenvalue weighted by Crippen LogP contribution is 2.36. The average Bonchev–Trinajstić information content (AvgIpc) is 3.80. The van der Waals surface area contributed by atoms with Crippen molar-refractivity contribution in [3.8, 4) is 21.9 Å². The molecule has 0 aliphatic carbocycles. The van der Waals surface area contributed by atoms with E-state index in [4.69, 9.17) is 40.0 Å². The van der Waals surface area contributed by atoms with Crippen molar-refractivity contribution in [2.24, 2.45) is 5.41 Å². The number of carbonyl (C=O) groups is 4. The number of aliphatic hydroxyl groups is 1. The van der Waals surface area contributed by atoms with Crippen LogP contribution in [0.2, 0.25) is 0 Å². The van der Waals surface area contributed by atoms with Crippen LogP contribution in [0.3, 0.4) is 0 Å². The van der Waals surface area contributed by atoms with E-state index in [9.17, 15) is 29.4 Å². The lowest BCUT2D eigenvalue weighted by Crippen LogP contribution is -2.57. The first kappa shape index (κ1) is 65.3. The van der Waals surface area contributed by atoms with Crippen molar-refractivity contribution in [3.05, 3.63) is 137 Å². The molecular weight excluding hydrogens is 1110 g/mol. The highest BCUT2D eigenvalue weighted by Gasteiger charge is 2.44. The molecule has 84 heavy (non-hydrogen) atoms. The number of nitrogens with zero attached hydrogens (tertiary/aromatic N) is 4. The Balaban J connectivity index is 0.668. The van der Waals surface area contributed by atoms with E-state index in [1.165, 1.54) is 4.90 Å². The van der Waals surface area contributed by atoms with Crippen LogP contribution in [0.5, 0.6) is 11.5 Å². The number of hydrogen-bond acceptors (Lipinski definition) is 15. The van der Waals surface area contributed by atoms with Gasteiger partial charge in [0.2, 0.25) is 23.6 Å². The van der Waals surface area contributed by atoms with Crippen LogP contribution >= 0.6 is 22.9 Å². The number of carbonyl (C=O) groups excluding carboxylic acids is 4. The summed E-state index contributed by atoms with van der Waals surface area (Å²) in [5.74, 6) is 0.384. The van der Waals surface area contributed by atoms with Gasteiger partial charge in [-0.05, 0) is 82.0 Å². The fourth-order valence-corrected chi connectivity index (χ4v) is 11.0. The van der Waals surface area contributed by atoms with E-state index in [-0.39, 0.29) is 62.6 Å². The van der Waals surface area contributed by atoms with Gasteiger partial charge in [-0.1, -0.05) is 99.6 Å². The Kier molecular flexibility index (Phi) is 26.4. The van der Waals surface area contributed by atoms with Crippen molar-refractivity contribution in [2.45, 2.75) is 78.1 Å². The van der Waals surface area contributed by atoms with Crippen LogP contribution < -0.4 is 15.4 Å². The number of phenols is 1. The normalized spacial score (nSPS) is 16.3. The maximum absolute atomic E-state index is 14.0. The molecule has 3 heterocycles. The summed E-state index contributed by atoms with van der Waals surface area (Å²) in [7, 11) is 0. The number of aryl methyl sites for hydroxylation is 1. The molecule has 7 rings (SSSR count). The molecule has 2 aliphatic heterocycles. The number of benzene rings is 4. The fourth-order valence-electron chi connectivity index (χ4n) is 10.00. The van der Waals surface area contributed by atoms with Gasteiger partial charge in [-0.15, -0.1) is 22.9 Å². The molecule has 0 unspecified atom stereocenters. The van der Waals surface area contributed by atoms with Crippen molar-refractivity contribution in [3.63, 3.8) is 0 Å². The number of amides is 4. The van der Waals surface area contributed by atoms with Gasteiger partial charge in [-0.2, -0.15) is 0 Å². The van der Waals surface area contributed by atoms with E-state index in [1.54, 1.807) is 23.5 Å². The number of phenolic OH excluding ortho intramolecular Hbond substituents is 1. The third-order valence-electron chi connectivity index (χ3n) is 14.6. The van der Waals surface area contributed by atoms with Crippen molar-refractivity contribution in [1.29, 1.82) is 0 Å². The second-order valence-electron chi connectivity index (χ2n) is 21.8. The molecule has 5 aromatic rings. The van der Waals surface area contributed by atoms with Gasteiger partial charge in [0, 0.05) is 64.5 Å². The number of alkyl halides is 1. The number of hydrogen-bond donors (Lipinski definition) is 4. The van der Waals surface area contributed by atoms with Crippen LogP contribution in [0.4, 0.5) is 0 Å². The Morgan fingerprint density at radius 2 is 1.30 bits per heavy atom. The van der Waals surface area contributed by atoms with Gasteiger partial charge >= 0.3 is 0 Å². The topological polar surface area (TPSA) is 211 Å². The second-order valence-corrected chi connectivity index (χ2v) is 23.0. The van der Waals surface area contributed by atoms with Crippen LogP contribution in [0.15, 0.2) is 109 Å². The lowest BCUT2D eigenvalue weighted by Gasteiger charge is -2.35. The third kappa shape index (κ3) is 20.5. The molecule has 0 radical (unpaired) electrons. The van der Waals surface area contributed by atoms with Crippen LogP contribution in [-0.2, 0) is 49.4 Å². The predicted octanol–water partition coefficient (Wildman–Crippen LogP) is 7.61. The SMILES string of the molecule is Cc1ncsc1-c1ccc(CNC(=O)[C@@H]2C[C@@H](O)CN2C(=O)[C@@H](NC(=O)CCOCCOCCOCCOCCOCCC(=O)N2CCN(CCOc3ccc(C(=C(CCCl)c4ccccc4)c4ccc(O)cc4)cc3)CC2)C(C)(C)C)cc1. The number of thiazole rings is 1. The highest BCUT2D eigenvalue weighted by atomic mass is 35.5. The molecule has 2 fully saturated rings. The molecule has 4 aromatic carbocycles. The van der Waals surface area contributed by atoms with Gasteiger partial charge in [-0.25, -0.2) is 4.98 Å². The summed E-state index contributed by atoms with van der Waals surface area (Å²) in [6.45, 7) is 15.2. The minimum absolute atomic E-state index is 0.00900. The zero-order valence-electron chi connectivity index (χ0n) is 48.9. The number of nitrogens with one attached hydrogen (secondary N) is 2. The van der Waals surface area contributed by atoms with E-state index in [0.717, 1.165) is 74.9 Å². The van der Waals surface area contributed by atoms with Gasteiger partial charge in [0.1, 0.15) is 30.2 Å². The zero-order valence-corrected chi connectivity index (χ0v) is 50.5. The van der Waals surface area contributed by atoms with Crippen LogP contribution in [0.25, 0.3) is 21.6 Å². The number of halogens is 1. The molecule has 2 aliphatic rings. The summed E-state index contributed by atoms with van der Waals surface area (Å²) in [5.41, 5.74) is 9.35. The number of β-amino-alcohol motifs (C(OH)–C–C–N with tert-alkyl or cyclic N) is 1. The van der Waals surface area contributed by atoms with Gasteiger partial charge in [0.15, 0.2) is 0 Å². The molecule has 0 saturated carbocycles. The van der Waals surface area contributed by atoms with E-state index >= 15 is 0 Å². The first-order valence-electron chi connectivity index (χ1n) is 29.0. The number of aromatic hydroxyl groups is 1. The number of allylic oxidation sites excluding steroid dienone is 1. The lowest BCUT2D eigenvalue weighted by atomic mass is 9.85. The predicted molar refractivity (Wildman–Crippen MR) is 326 cm³/mol. The first-order chi connectivity index (χ1) is 40.7. The van der Waals surface area contributed by atoms with Gasteiger partial charge < -0.3 is 59.1 Å². The minimum Gasteiger partial charge on any atom is -0.508 e. The second kappa shape index (κ2) is 34.0. The summed E-state index contributed by atoms with van der Waals surface area (Å²) in [4.78, 5) is 64.4. The zero-order chi connectivity index (χ0) is 59.7. The molecule has 4 amide bonds. The largest absolute Gasteiger partial charge is 0.508 e. The van der Waals surface area contributed by atoms with Crippen molar-refractivity contribution in [2.75, 3.05) is 118 Å². The Morgan fingerprint density at radius 1 is 0.714 bits per heavy atom. The molecule has 0 spiro atoms. The number of piperazine rings is 1. The highest BCUT2D eigenvalue weighted by molar-refractivity contribution is 7.13. The summed E-state index contributed by atoms with van der Waals surface area (Å²) in [6, 6.07) is 31.7. The monoisotopic (exact) mass is 1190 g/mol. The molecule has 4 N–H and O–H groups in total. The molecule has 0 bridgehead atoms. The fraction of sp³-hybridized carbons (Fsp3) is 0.484. The van der Waals surface area contributed by atoms with Gasteiger partial charge in [0.25, 0.3) is 0 Å². The summed E-state index contributed by atoms with van der Waals surface area (Å²) in [6.07, 6.45) is 0.252. The van der Waals surface area contributed by atoms with E-state index < -0.39 is 29.5 Å². The van der Waals surface area contributed by atoms with Gasteiger partial charge in [0.05, 0.1) is 94.7 Å². The molecule has 454 valence electrons. The van der Waals surface area contributed by atoms with Crippen LogP contribution in [0.1, 0.15) is 74.4 Å². The average molecular weight is 1200 g/mol. The number of aliphatic hydroxyl groups excluding tert-OH is 1. The van der Waals surface area contributed by atoms with Crippen LogP contribution in [-0.4, -0.2) is 190 Å².